The van der Waals surface area contributed by atoms with Crippen LogP contribution in [0.15, 0.2) is 60.9 Å². The smallest absolute Gasteiger partial charge is 0.254 e. The second kappa shape index (κ2) is 7.66. The van der Waals surface area contributed by atoms with Crippen molar-refractivity contribution in [3.8, 4) is 16.9 Å². The number of benzene rings is 2. The van der Waals surface area contributed by atoms with Gasteiger partial charge in [0.25, 0.3) is 5.91 Å². The molecule has 5 nitrogen and oxygen atoms in total. The van der Waals surface area contributed by atoms with Crippen LogP contribution < -0.4 is 4.74 Å². The molecule has 1 N–H and O–H groups in total. The molecule has 0 aliphatic carbocycles. The number of likely N-dealkylation sites (tertiary alicyclic amines) is 1. The summed E-state index contributed by atoms with van der Waals surface area (Å²) in [7, 11) is 1.66. The minimum Gasteiger partial charge on any atom is -0.496 e. The van der Waals surface area contributed by atoms with E-state index in [0.717, 1.165) is 48.2 Å². The van der Waals surface area contributed by atoms with Gasteiger partial charge in [-0.15, -0.1) is 0 Å². The first-order chi connectivity index (χ1) is 13.3. The Morgan fingerprint density at radius 1 is 1.19 bits per heavy atom. The molecule has 1 aliphatic heterocycles. The summed E-state index contributed by atoms with van der Waals surface area (Å²) in [6.45, 7) is 0.765. The van der Waals surface area contributed by atoms with Crippen LogP contribution in [0.1, 0.15) is 41.2 Å². The third-order valence-corrected chi connectivity index (χ3v) is 5.20. The van der Waals surface area contributed by atoms with Gasteiger partial charge in [0.1, 0.15) is 5.75 Å². The SMILES string of the molecule is COc1ccc(C(=O)N2CCCCC2c2cn[nH]c2)cc1-c1ccccc1. The molecular weight excluding hydrogens is 338 g/mol. The number of methoxy groups -OCH3 is 1. The van der Waals surface area contributed by atoms with E-state index in [1.54, 1.807) is 7.11 Å². The maximum Gasteiger partial charge on any atom is 0.254 e. The number of hydrogen-bond donors (Lipinski definition) is 1. The molecule has 0 radical (unpaired) electrons. The van der Waals surface area contributed by atoms with Crippen LogP contribution in [0.25, 0.3) is 11.1 Å². The molecule has 0 spiro atoms. The van der Waals surface area contributed by atoms with Crippen LogP contribution in [-0.4, -0.2) is 34.7 Å². The summed E-state index contributed by atoms with van der Waals surface area (Å²) in [5.74, 6) is 0.823. The second-order valence-electron chi connectivity index (χ2n) is 6.82. The van der Waals surface area contributed by atoms with E-state index in [0.29, 0.717) is 5.56 Å². The number of aromatic nitrogens is 2. The fraction of sp³-hybridized carbons (Fsp3) is 0.273. The third-order valence-electron chi connectivity index (χ3n) is 5.20. The quantitative estimate of drug-likeness (QED) is 0.747. The highest BCUT2D eigenvalue weighted by Gasteiger charge is 2.29. The molecule has 1 aliphatic rings. The van der Waals surface area contributed by atoms with Crippen LogP contribution in [-0.2, 0) is 0 Å². The van der Waals surface area contributed by atoms with Gasteiger partial charge in [-0.3, -0.25) is 9.89 Å². The molecular formula is C22H23N3O2. The van der Waals surface area contributed by atoms with Crippen molar-refractivity contribution in [3.05, 3.63) is 72.1 Å². The normalized spacial score (nSPS) is 16.9. The van der Waals surface area contributed by atoms with Crippen molar-refractivity contribution in [3.63, 3.8) is 0 Å². The summed E-state index contributed by atoms with van der Waals surface area (Å²) in [6, 6.07) is 15.8. The van der Waals surface area contributed by atoms with Gasteiger partial charge in [0.05, 0.1) is 19.3 Å². The number of piperidine rings is 1. The van der Waals surface area contributed by atoms with Gasteiger partial charge in [-0.25, -0.2) is 0 Å². The Morgan fingerprint density at radius 2 is 2.04 bits per heavy atom. The summed E-state index contributed by atoms with van der Waals surface area (Å²) in [6.07, 6.45) is 6.83. The van der Waals surface area contributed by atoms with Gasteiger partial charge in [-0.1, -0.05) is 30.3 Å². The average molecular weight is 361 g/mol. The topological polar surface area (TPSA) is 58.2 Å². The lowest BCUT2D eigenvalue weighted by atomic mass is 9.95. The lowest BCUT2D eigenvalue weighted by Gasteiger charge is -2.35. The first-order valence-corrected chi connectivity index (χ1v) is 9.31. The summed E-state index contributed by atoms with van der Waals surface area (Å²) in [5, 5.41) is 6.93. The highest BCUT2D eigenvalue weighted by molar-refractivity contribution is 5.96. The van der Waals surface area contributed by atoms with Gasteiger partial charge in [0.2, 0.25) is 0 Å². The van der Waals surface area contributed by atoms with Crippen molar-refractivity contribution < 1.29 is 9.53 Å². The number of hydrogen-bond acceptors (Lipinski definition) is 3. The van der Waals surface area contributed by atoms with E-state index in [4.69, 9.17) is 4.74 Å². The van der Waals surface area contributed by atoms with E-state index >= 15 is 0 Å². The Kier molecular flexibility index (Phi) is 4.92. The molecule has 1 fully saturated rings. The van der Waals surface area contributed by atoms with E-state index in [1.807, 2.05) is 65.8 Å². The molecule has 1 saturated heterocycles. The van der Waals surface area contributed by atoms with Gasteiger partial charge in [-0.2, -0.15) is 5.10 Å². The fourth-order valence-electron chi connectivity index (χ4n) is 3.81. The summed E-state index contributed by atoms with van der Waals surface area (Å²) >= 11 is 0. The predicted octanol–water partition coefficient (Wildman–Crippen LogP) is 4.45. The number of ether oxygens (including phenoxy) is 1. The van der Waals surface area contributed by atoms with Crippen LogP contribution in [0.4, 0.5) is 0 Å². The minimum absolute atomic E-state index is 0.0562. The monoisotopic (exact) mass is 361 g/mol. The summed E-state index contributed by atoms with van der Waals surface area (Å²) in [5.41, 5.74) is 3.72. The van der Waals surface area contributed by atoms with Crippen LogP contribution in [0.2, 0.25) is 0 Å². The van der Waals surface area contributed by atoms with Gasteiger partial charge in [0, 0.05) is 29.4 Å². The third kappa shape index (κ3) is 3.45. The zero-order chi connectivity index (χ0) is 18.6. The zero-order valence-electron chi connectivity index (χ0n) is 15.4. The van der Waals surface area contributed by atoms with Crippen molar-refractivity contribution in [2.45, 2.75) is 25.3 Å². The number of amides is 1. The Morgan fingerprint density at radius 3 is 2.78 bits per heavy atom. The second-order valence-corrected chi connectivity index (χ2v) is 6.82. The molecule has 2 aromatic carbocycles. The molecule has 1 atom stereocenters. The standard InChI is InChI=1S/C22H23N3O2/c1-27-21-11-10-17(13-19(21)16-7-3-2-4-8-16)22(26)25-12-6-5-9-20(25)18-14-23-24-15-18/h2-4,7-8,10-11,13-15,20H,5-6,9,12H2,1H3,(H,23,24). The van der Waals surface area contributed by atoms with Crippen molar-refractivity contribution in [1.82, 2.24) is 15.1 Å². The van der Waals surface area contributed by atoms with Crippen LogP contribution in [0, 0.1) is 0 Å². The van der Waals surface area contributed by atoms with Crippen molar-refractivity contribution in [1.29, 1.82) is 0 Å². The molecule has 5 heteroatoms. The lowest BCUT2D eigenvalue weighted by molar-refractivity contribution is 0.0611. The first-order valence-electron chi connectivity index (χ1n) is 9.31. The predicted molar refractivity (Wildman–Crippen MR) is 105 cm³/mol. The number of aromatic amines is 1. The average Bonchev–Trinajstić information content (AvgIpc) is 3.28. The maximum atomic E-state index is 13.3. The largest absolute Gasteiger partial charge is 0.496 e. The van der Waals surface area contributed by atoms with E-state index in [9.17, 15) is 4.79 Å². The maximum absolute atomic E-state index is 13.3. The minimum atomic E-state index is 0.0562. The van der Waals surface area contributed by atoms with Gasteiger partial charge in [-0.05, 0) is 43.0 Å². The van der Waals surface area contributed by atoms with E-state index < -0.39 is 0 Å². The number of carbonyl (C=O) groups is 1. The van der Waals surface area contributed by atoms with E-state index in [-0.39, 0.29) is 11.9 Å². The molecule has 1 amide bonds. The number of carbonyl (C=O) groups excluding carboxylic acids is 1. The molecule has 0 saturated carbocycles. The Hall–Kier alpha value is -3.08. The molecule has 2 heterocycles. The first kappa shape index (κ1) is 17.3. The molecule has 3 aromatic rings. The Bertz CT molecular complexity index is 907. The summed E-state index contributed by atoms with van der Waals surface area (Å²) in [4.78, 5) is 15.3. The number of nitrogens with zero attached hydrogens (tertiary/aromatic N) is 2. The van der Waals surface area contributed by atoms with Crippen molar-refractivity contribution in [2.75, 3.05) is 13.7 Å². The highest BCUT2D eigenvalue weighted by Crippen LogP contribution is 2.34. The summed E-state index contributed by atoms with van der Waals surface area (Å²) < 4.78 is 5.52. The molecule has 0 bridgehead atoms. The molecule has 1 unspecified atom stereocenters. The van der Waals surface area contributed by atoms with Gasteiger partial charge < -0.3 is 9.64 Å². The van der Waals surface area contributed by atoms with Gasteiger partial charge >= 0.3 is 0 Å². The molecule has 138 valence electrons. The number of rotatable bonds is 4. The fourth-order valence-corrected chi connectivity index (χ4v) is 3.81. The number of nitrogens with one attached hydrogen (secondary N) is 1. The Balaban J connectivity index is 1.69. The molecule has 27 heavy (non-hydrogen) atoms. The Labute approximate surface area is 159 Å². The van der Waals surface area contributed by atoms with Gasteiger partial charge in [0.15, 0.2) is 0 Å². The zero-order valence-corrected chi connectivity index (χ0v) is 15.4. The van der Waals surface area contributed by atoms with E-state index in [1.165, 1.54) is 0 Å². The highest BCUT2D eigenvalue weighted by atomic mass is 16.5. The van der Waals surface area contributed by atoms with Crippen molar-refractivity contribution >= 4 is 5.91 Å². The van der Waals surface area contributed by atoms with Crippen LogP contribution >= 0.6 is 0 Å². The lowest BCUT2D eigenvalue weighted by Crippen LogP contribution is -2.38. The van der Waals surface area contributed by atoms with E-state index in [2.05, 4.69) is 10.2 Å². The van der Waals surface area contributed by atoms with Crippen LogP contribution in [0.5, 0.6) is 5.75 Å². The van der Waals surface area contributed by atoms with Crippen LogP contribution in [0.3, 0.4) is 0 Å². The number of H-pyrrole nitrogens is 1. The molecule has 4 rings (SSSR count). The molecule has 1 aromatic heterocycles. The van der Waals surface area contributed by atoms with Crippen molar-refractivity contribution in [2.24, 2.45) is 0 Å².